The van der Waals surface area contributed by atoms with Gasteiger partial charge in [-0.25, -0.2) is 0 Å². The van der Waals surface area contributed by atoms with Crippen LogP contribution in [0.4, 0.5) is 0 Å². The zero-order valence-electron chi connectivity index (χ0n) is 9.68. The minimum atomic E-state index is -0.199. The van der Waals surface area contributed by atoms with Gasteiger partial charge in [0.15, 0.2) is 0 Å². The van der Waals surface area contributed by atoms with E-state index in [1.165, 1.54) is 12.8 Å². The van der Waals surface area contributed by atoms with E-state index in [4.69, 9.17) is 5.73 Å². The highest BCUT2D eigenvalue weighted by Gasteiger charge is 2.35. The first-order chi connectivity index (χ1) is 6.46. The average Bonchev–Trinajstić information content (AvgIpc) is 2.15. The lowest BCUT2D eigenvalue weighted by Crippen LogP contribution is -2.38. The summed E-state index contributed by atoms with van der Waals surface area (Å²) in [4.78, 5) is 12.1. The molecule has 0 radical (unpaired) electrons. The van der Waals surface area contributed by atoms with Crippen LogP contribution in [0, 0.1) is 17.3 Å². The topological polar surface area (TPSA) is 43.1 Å². The van der Waals surface area contributed by atoms with E-state index in [1.54, 1.807) is 0 Å². The first kappa shape index (κ1) is 11.7. The van der Waals surface area contributed by atoms with Crippen LogP contribution in [-0.4, -0.2) is 12.3 Å². The molecule has 2 heteroatoms. The lowest BCUT2D eigenvalue weighted by molar-refractivity contribution is -0.133. The minimum absolute atomic E-state index is 0.199. The molecule has 2 N–H and O–H groups in total. The summed E-state index contributed by atoms with van der Waals surface area (Å²) < 4.78 is 0. The Morgan fingerprint density at radius 2 is 1.86 bits per heavy atom. The molecule has 1 saturated carbocycles. The van der Waals surface area contributed by atoms with Crippen LogP contribution in [0.3, 0.4) is 0 Å². The number of hydrogen-bond donors (Lipinski definition) is 1. The van der Waals surface area contributed by atoms with Crippen molar-refractivity contribution in [2.45, 2.75) is 46.5 Å². The van der Waals surface area contributed by atoms with Gasteiger partial charge in [-0.2, -0.15) is 0 Å². The Labute approximate surface area is 87.2 Å². The van der Waals surface area contributed by atoms with Crippen molar-refractivity contribution >= 4 is 5.78 Å². The lowest BCUT2D eigenvalue weighted by Gasteiger charge is -2.33. The van der Waals surface area contributed by atoms with E-state index in [0.717, 1.165) is 12.8 Å². The molecule has 2 atom stereocenters. The second kappa shape index (κ2) is 4.43. The summed E-state index contributed by atoms with van der Waals surface area (Å²) in [5.41, 5.74) is 5.52. The molecular formula is C12H23NO. The number of Topliss-reactive ketones (excluding diaryl/α,β-unsaturated/α-hetero) is 1. The van der Waals surface area contributed by atoms with Gasteiger partial charge in [-0.05, 0) is 25.3 Å². The molecule has 82 valence electrons. The summed E-state index contributed by atoms with van der Waals surface area (Å²) in [6, 6.07) is 0. The molecule has 0 aromatic carbocycles. The Kier molecular flexibility index (Phi) is 3.71. The molecule has 0 bridgehead atoms. The van der Waals surface area contributed by atoms with Gasteiger partial charge >= 0.3 is 0 Å². The maximum atomic E-state index is 12.1. The van der Waals surface area contributed by atoms with Gasteiger partial charge in [0, 0.05) is 11.3 Å². The third kappa shape index (κ3) is 2.57. The van der Waals surface area contributed by atoms with E-state index in [9.17, 15) is 4.79 Å². The zero-order chi connectivity index (χ0) is 10.8. The van der Waals surface area contributed by atoms with Crippen molar-refractivity contribution in [3.8, 4) is 0 Å². The van der Waals surface area contributed by atoms with E-state index in [1.807, 2.05) is 20.8 Å². The van der Waals surface area contributed by atoms with Gasteiger partial charge < -0.3 is 5.73 Å². The molecule has 0 heterocycles. The van der Waals surface area contributed by atoms with E-state index in [-0.39, 0.29) is 11.3 Å². The Morgan fingerprint density at radius 1 is 1.29 bits per heavy atom. The standard InChI is InChI=1S/C12H23NO/c1-12(2,3)11(14)10-7-5-4-6-9(10)8-13/h9-10H,4-8,13H2,1-3H3. The molecule has 1 aliphatic carbocycles. The molecule has 14 heavy (non-hydrogen) atoms. The minimum Gasteiger partial charge on any atom is -0.330 e. The maximum absolute atomic E-state index is 12.1. The summed E-state index contributed by atoms with van der Waals surface area (Å²) in [5.74, 6) is 1.08. The van der Waals surface area contributed by atoms with Crippen molar-refractivity contribution in [3.63, 3.8) is 0 Å². The van der Waals surface area contributed by atoms with Crippen molar-refractivity contribution in [1.29, 1.82) is 0 Å². The van der Waals surface area contributed by atoms with Crippen molar-refractivity contribution in [2.75, 3.05) is 6.54 Å². The van der Waals surface area contributed by atoms with Crippen LogP contribution in [-0.2, 0) is 4.79 Å². The van der Waals surface area contributed by atoms with Gasteiger partial charge in [0.05, 0.1) is 0 Å². The quantitative estimate of drug-likeness (QED) is 0.738. The van der Waals surface area contributed by atoms with Crippen molar-refractivity contribution in [2.24, 2.45) is 23.0 Å². The number of ketones is 1. The smallest absolute Gasteiger partial charge is 0.141 e. The molecule has 0 spiro atoms. The lowest BCUT2D eigenvalue weighted by atomic mass is 9.71. The van der Waals surface area contributed by atoms with E-state index < -0.39 is 0 Å². The fourth-order valence-electron chi connectivity index (χ4n) is 2.39. The summed E-state index contributed by atoms with van der Waals surface area (Å²) in [5, 5.41) is 0. The monoisotopic (exact) mass is 197 g/mol. The summed E-state index contributed by atoms with van der Waals surface area (Å²) >= 11 is 0. The van der Waals surface area contributed by atoms with Crippen LogP contribution in [0.2, 0.25) is 0 Å². The Morgan fingerprint density at radius 3 is 2.36 bits per heavy atom. The molecule has 0 saturated heterocycles. The molecule has 2 nitrogen and oxygen atoms in total. The van der Waals surface area contributed by atoms with E-state index >= 15 is 0 Å². The number of carbonyl (C=O) groups excluding carboxylic acids is 1. The van der Waals surface area contributed by atoms with Crippen LogP contribution >= 0.6 is 0 Å². The summed E-state index contributed by atoms with van der Waals surface area (Å²) in [6.45, 7) is 6.71. The fourth-order valence-corrected chi connectivity index (χ4v) is 2.39. The SMILES string of the molecule is CC(C)(C)C(=O)C1CCCCC1CN. The molecule has 0 aliphatic heterocycles. The molecule has 0 amide bonds. The van der Waals surface area contributed by atoms with Gasteiger partial charge in [-0.1, -0.05) is 33.6 Å². The fraction of sp³-hybridized carbons (Fsp3) is 0.917. The molecule has 1 fully saturated rings. The van der Waals surface area contributed by atoms with Crippen molar-refractivity contribution in [3.05, 3.63) is 0 Å². The number of nitrogens with two attached hydrogens (primary N) is 1. The van der Waals surface area contributed by atoms with Crippen LogP contribution in [0.25, 0.3) is 0 Å². The highest BCUT2D eigenvalue weighted by molar-refractivity contribution is 5.86. The third-order valence-corrected chi connectivity index (χ3v) is 3.29. The second-order valence-electron chi connectivity index (χ2n) is 5.50. The van der Waals surface area contributed by atoms with Crippen LogP contribution in [0.15, 0.2) is 0 Å². The normalized spacial score (nSPS) is 28.9. The summed E-state index contributed by atoms with van der Waals surface area (Å²) in [7, 11) is 0. The Bertz CT molecular complexity index is 205. The third-order valence-electron chi connectivity index (χ3n) is 3.29. The zero-order valence-corrected chi connectivity index (χ0v) is 9.68. The highest BCUT2D eigenvalue weighted by Crippen LogP contribution is 2.34. The summed E-state index contributed by atoms with van der Waals surface area (Å²) in [6.07, 6.45) is 4.64. The van der Waals surface area contributed by atoms with Crippen LogP contribution < -0.4 is 5.73 Å². The number of rotatable bonds is 2. The predicted octanol–water partition coefficient (Wildman–Crippen LogP) is 2.37. The molecule has 1 aliphatic rings. The Balaban J connectivity index is 2.69. The van der Waals surface area contributed by atoms with Gasteiger partial charge in [0.2, 0.25) is 0 Å². The first-order valence-corrected chi connectivity index (χ1v) is 5.71. The first-order valence-electron chi connectivity index (χ1n) is 5.71. The largest absolute Gasteiger partial charge is 0.330 e. The Hall–Kier alpha value is -0.370. The maximum Gasteiger partial charge on any atom is 0.141 e. The van der Waals surface area contributed by atoms with Gasteiger partial charge in [-0.3, -0.25) is 4.79 Å². The van der Waals surface area contributed by atoms with E-state index in [0.29, 0.717) is 18.2 Å². The van der Waals surface area contributed by atoms with Crippen LogP contribution in [0.1, 0.15) is 46.5 Å². The molecule has 0 aromatic heterocycles. The predicted molar refractivity (Wildman–Crippen MR) is 59.0 cm³/mol. The number of carbonyl (C=O) groups is 1. The molecule has 0 aromatic rings. The second-order valence-corrected chi connectivity index (χ2v) is 5.50. The van der Waals surface area contributed by atoms with Crippen molar-refractivity contribution < 1.29 is 4.79 Å². The highest BCUT2D eigenvalue weighted by atomic mass is 16.1. The van der Waals surface area contributed by atoms with Gasteiger partial charge in [-0.15, -0.1) is 0 Å². The number of hydrogen-bond acceptors (Lipinski definition) is 2. The molecular weight excluding hydrogens is 174 g/mol. The average molecular weight is 197 g/mol. The van der Waals surface area contributed by atoms with Crippen molar-refractivity contribution in [1.82, 2.24) is 0 Å². The molecule has 2 unspecified atom stereocenters. The molecule has 1 rings (SSSR count). The van der Waals surface area contributed by atoms with Gasteiger partial charge in [0.1, 0.15) is 5.78 Å². The van der Waals surface area contributed by atoms with Crippen LogP contribution in [0.5, 0.6) is 0 Å². The van der Waals surface area contributed by atoms with E-state index in [2.05, 4.69) is 0 Å². The van der Waals surface area contributed by atoms with Gasteiger partial charge in [0.25, 0.3) is 0 Å².